The molecule has 0 aliphatic carbocycles. The Morgan fingerprint density at radius 2 is 1.44 bits per heavy atom. The molecule has 0 saturated heterocycles. The van der Waals surface area contributed by atoms with Crippen molar-refractivity contribution in [2.24, 2.45) is 0 Å². The van der Waals surface area contributed by atoms with E-state index >= 15 is 0 Å². The molecule has 0 unspecified atom stereocenters. The van der Waals surface area contributed by atoms with Crippen molar-refractivity contribution in [1.29, 1.82) is 0 Å². The zero-order chi connectivity index (χ0) is 29.6. The highest BCUT2D eigenvalue weighted by atomic mass is 16.5. The summed E-state index contributed by atoms with van der Waals surface area (Å²) in [5.41, 5.74) is 4.74. The first-order valence-corrected chi connectivity index (χ1v) is 14.2. The highest BCUT2D eigenvalue weighted by molar-refractivity contribution is 6.15. The first kappa shape index (κ1) is 26.7. The van der Waals surface area contributed by atoms with E-state index < -0.39 is 11.6 Å². The van der Waals surface area contributed by atoms with E-state index in [4.69, 9.17) is 23.7 Å². The molecular formula is C37H30O6. The van der Waals surface area contributed by atoms with Crippen LogP contribution in [0.2, 0.25) is 0 Å². The van der Waals surface area contributed by atoms with E-state index in [9.17, 15) is 4.79 Å². The molecule has 0 fully saturated rings. The van der Waals surface area contributed by atoms with Crippen molar-refractivity contribution in [3.63, 3.8) is 0 Å². The Morgan fingerprint density at radius 1 is 0.791 bits per heavy atom. The van der Waals surface area contributed by atoms with Gasteiger partial charge in [0.2, 0.25) is 0 Å². The maximum atomic E-state index is 13.6. The molecular weight excluding hydrogens is 540 g/mol. The minimum atomic E-state index is -1.01. The molecule has 6 heteroatoms. The number of ether oxygens (including phenoxy) is 5. The lowest BCUT2D eigenvalue weighted by atomic mass is 9.80. The molecule has 2 aliphatic heterocycles. The van der Waals surface area contributed by atoms with Gasteiger partial charge >= 0.3 is 5.97 Å². The third-order valence-corrected chi connectivity index (χ3v) is 8.38. The third kappa shape index (κ3) is 4.21. The van der Waals surface area contributed by atoms with Gasteiger partial charge in [-0.15, -0.1) is 0 Å². The summed E-state index contributed by atoms with van der Waals surface area (Å²) >= 11 is 0. The number of carbonyl (C=O) groups excluding carboxylic acids is 1. The summed E-state index contributed by atoms with van der Waals surface area (Å²) in [5.74, 6) is 2.51. The van der Waals surface area contributed by atoms with E-state index in [0.717, 1.165) is 62.3 Å². The van der Waals surface area contributed by atoms with Gasteiger partial charge in [-0.1, -0.05) is 54.6 Å². The zero-order valence-electron chi connectivity index (χ0n) is 24.2. The molecule has 0 N–H and O–H groups in total. The topological polar surface area (TPSA) is 63.2 Å². The molecule has 5 aromatic carbocycles. The Morgan fingerprint density at radius 3 is 2.05 bits per heavy atom. The lowest BCUT2D eigenvalue weighted by Gasteiger charge is -2.38. The number of esters is 1. The number of hydrogen-bond acceptors (Lipinski definition) is 6. The predicted molar refractivity (Wildman–Crippen MR) is 166 cm³/mol. The molecule has 2 heterocycles. The molecule has 5 aromatic rings. The van der Waals surface area contributed by atoms with E-state index in [2.05, 4.69) is 0 Å². The van der Waals surface area contributed by atoms with Gasteiger partial charge in [0.25, 0.3) is 0 Å². The van der Waals surface area contributed by atoms with Gasteiger partial charge in [0.15, 0.2) is 5.60 Å². The molecule has 0 radical (unpaired) electrons. The van der Waals surface area contributed by atoms with E-state index in [-0.39, 0.29) is 0 Å². The Balaban J connectivity index is 1.57. The number of rotatable bonds is 6. The zero-order valence-corrected chi connectivity index (χ0v) is 24.2. The molecule has 2 aliphatic rings. The molecule has 0 saturated carbocycles. The molecule has 214 valence electrons. The van der Waals surface area contributed by atoms with Gasteiger partial charge in [-0.05, 0) is 59.5 Å². The van der Waals surface area contributed by atoms with Crippen LogP contribution >= 0.6 is 0 Å². The Bertz CT molecular complexity index is 1820. The van der Waals surface area contributed by atoms with Crippen LogP contribution in [0.3, 0.4) is 0 Å². The number of benzene rings is 5. The van der Waals surface area contributed by atoms with Gasteiger partial charge in [-0.2, -0.15) is 0 Å². The summed E-state index contributed by atoms with van der Waals surface area (Å²) in [4.78, 5) is 13.6. The highest BCUT2D eigenvalue weighted by Crippen LogP contribution is 2.52. The summed E-state index contributed by atoms with van der Waals surface area (Å²) in [6.45, 7) is 0.584. The maximum absolute atomic E-state index is 13.6. The number of hydrogen-bond donors (Lipinski definition) is 0. The SMILES string of the molecule is COC(=O)c1c2c(c3c4c(ccc3c1-c1ccccc1)OCC4)OC(c1ccc(OC)cc1)(c1ccc(OC)cc1)C=C2. The van der Waals surface area contributed by atoms with Gasteiger partial charge in [-0.3, -0.25) is 0 Å². The van der Waals surface area contributed by atoms with Crippen LogP contribution < -0.4 is 18.9 Å². The average molecular weight is 571 g/mol. The summed E-state index contributed by atoms with van der Waals surface area (Å²) in [6.07, 6.45) is 4.75. The van der Waals surface area contributed by atoms with Crippen LogP contribution in [-0.4, -0.2) is 33.9 Å². The summed E-state index contributed by atoms with van der Waals surface area (Å²) < 4.78 is 29.6. The second-order valence-corrected chi connectivity index (χ2v) is 10.5. The Kier molecular flexibility index (Phi) is 6.54. The van der Waals surface area contributed by atoms with Gasteiger partial charge in [0.1, 0.15) is 23.0 Å². The standard InChI is InChI=1S/C37H30O6/c1-39-26-13-9-24(10-14-26)37(25-11-15-27(40-2)16-12-25)21-19-30-34(36(38)41-3)32(23-7-5-4-6-8-23)29-17-18-31-28(20-22-42-31)33(29)35(30)43-37/h4-19,21H,20,22H2,1-3H3. The molecule has 7 rings (SSSR count). The minimum absolute atomic E-state index is 0.427. The van der Waals surface area contributed by atoms with E-state index in [1.165, 1.54) is 7.11 Å². The van der Waals surface area contributed by atoms with Crippen LogP contribution in [0.5, 0.6) is 23.0 Å². The van der Waals surface area contributed by atoms with Crippen LogP contribution in [0.1, 0.15) is 32.6 Å². The largest absolute Gasteiger partial charge is 0.497 e. The van der Waals surface area contributed by atoms with Crippen molar-refractivity contribution in [2.45, 2.75) is 12.0 Å². The van der Waals surface area contributed by atoms with Gasteiger partial charge < -0.3 is 23.7 Å². The second kappa shape index (κ2) is 10.6. The fourth-order valence-corrected chi connectivity index (χ4v) is 6.29. The molecule has 0 bridgehead atoms. The van der Waals surface area contributed by atoms with E-state index in [1.54, 1.807) is 14.2 Å². The van der Waals surface area contributed by atoms with Crippen molar-refractivity contribution in [3.05, 3.63) is 125 Å². The van der Waals surface area contributed by atoms with Crippen molar-refractivity contribution < 1.29 is 28.5 Å². The van der Waals surface area contributed by atoms with Crippen LogP contribution in [0.4, 0.5) is 0 Å². The lowest BCUT2D eigenvalue weighted by Crippen LogP contribution is -2.35. The second-order valence-electron chi connectivity index (χ2n) is 10.5. The summed E-state index contributed by atoms with van der Waals surface area (Å²) in [7, 11) is 4.71. The summed E-state index contributed by atoms with van der Waals surface area (Å²) in [5, 5.41) is 1.84. The number of methoxy groups -OCH3 is 3. The van der Waals surface area contributed by atoms with Gasteiger partial charge in [0.05, 0.1) is 33.5 Å². The smallest absolute Gasteiger partial charge is 0.339 e. The monoisotopic (exact) mass is 570 g/mol. The normalized spacial score (nSPS) is 14.3. The van der Waals surface area contributed by atoms with Crippen molar-refractivity contribution in [2.75, 3.05) is 27.9 Å². The van der Waals surface area contributed by atoms with Crippen LogP contribution in [0.25, 0.3) is 28.0 Å². The fraction of sp³-hybridized carbons (Fsp3) is 0.162. The molecule has 6 nitrogen and oxygen atoms in total. The lowest BCUT2D eigenvalue weighted by molar-refractivity contribution is 0.0600. The minimum Gasteiger partial charge on any atom is -0.497 e. The maximum Gasteiger partial charge on any atom is 0.339 e. The highest BCUT2D eigenvalue weighted by Gasteiger charge is 2.41. The molecule has 0 amide bonds. The van der Waals surface area contributed by atoms with Crippen LogP contribution in [-0.2, 0) is 16.8 Å². The molecule has 0 aromatic heterocycles. The Hall–Kier alpha value is -5.23. The predicted octanol–water partition coefficient (Wildman–Crippen LogP) is 7.59. The van der Waals surface area contributed by atoms with Gasteiger partial charge in [-0.25, -0.2) is 4.79 Å². The molecule has 43 heavy (non-hydrogen) atoms. The van der Waals surface area contributed by atoms with Crippen molar-refractivity contribution in [3.8, 4) is 34.1 Å². The quantitative estimate of drug-likeness (QED) is 0.196. The molecule has 0 spiro atoms. The number of carbonyl (C=O) groups is 1. The van der Waals surface area contributed by atoms with Crippen molar-refractivity contribution in [1.82, 2.24) is 0 Å². The first-order chi connectivity index (χ1) is 21.1. The first-order valence-electron chi connectivity index (χ1n) is 14.2. The average Bonchev–Trinajstić information content (AvgIpc) is 3.56. The fourth-order valence-electron chi connectivity index (χ4n) is 6.29. The van der Waals surface area contributed by atoms with Crippen LogP contribution in [0, 0.1) is 0 Å². The summed E-state index contributed by atoms with van der Waals surface area (Å²) in [6, 6.07) is 29.7. The van der Waals surface area contributed by atoms with E-state index in [1.807, 2.05) is 103 Å². The van der Waals surface area contributed by atoms with E-state index in [0.29, 0.717) is 23.5 Å². The van der Waals surface area contributed by atoms with Crippen LogP contribution in [0.15, 0.2) is 97.1 Å². The van der Waals surface area contributed by atoms with Crippen molar-refractivity contribution >= 4 is 22.8 Å². The Labute approximate surface area is 250 Å². The van der Waals surface area contributed by atoms with Gasteiger partial charge in [0, 0.05) is 39.6 Å². The number of fused-ring (bicyclic) bond motifs is 5. The molecule has 0 atom stereocenters. The third-order valence-electron chi connectivity index (χ3n) is 8.38.